The second kappa shape index (κ2) is 20.4. The van der Waals surface area contributed by atoms with Crippen LogP contribution in [0.15, 0.2) is 140 Å². The van der Waals surface area contributed by atoms with Gasteiger partial charge in [0.25, 0.3) is 5.91 Å². The Morgan fingerprint density at radius 1 is 0.630 bits per heavy atom. The van der Waals surface area contributed by atoms with Gasteiger partial charge in [0.15, 0.2) is 5.78 Å². The van der Waals surface area contributed by atoms with E-state index in [9.17, 15) is 9.59 Å². The number of Topliss-reactive ketones (excluding diaryl/α,β-unsaturated/α-hetero) is 1. The predicted octanol–water partition coefficient (Wildman–Crippen LogP) is 11.2. The number of benzene rings is 5. The van der Waals surface area contributed by atoms with Gasteiger partial charge in [0.05, 0.1) is 13.2 Å². The first-order chi connectivity index (χ1) is 26.2. The van der Waals surface area contributed by atoms with Gasteiger partial charge < -0.3 is 14.4 Å². The highest BCUT2D eigenvalue weighted by Crippen LogP contribution is 2.29. The summed E-state index contributed by atoms with van der Waals surface area (Å²) in [5.74, 6) is 0.142. The Kier molecular flexibility index (Phi) is 15.1. The van der Waals surface area contributed by atoms with Crippen LogP contribution in [0.2, 0.25) is 10.0 Å². The van der Waals surface area contributed by atoms with Gasteiger partial charge >= 0.3 is 0 Å². The van der Waals surface area contributed by atoms with Crippen LogP contribution in [0.1, 0.15) is 55.8 Å². The number of methoxy groups -OCH3 is 2. The molecule has 6 nitrogen and oxygen atoms in total. The smallest absolute Gasteiger partial charge is 0.253 e. The summed E-state index contributed by atoms with van der Waals surface area (Å²) in [5.41, 5.74) is 9.86. The number of ether oxygens (including phenoxy) is 2. The number of nitrogens with zero attached hydrogens (tertiary/aromatic N) is 2. The molecule has 0 unspecified atom stereocenters. The molecule has 1 amide bonds. The highest BCUT2D eigenvalue weighted by Gasteiger charge is 2.16. The summed E-state index contributed by atoms with van der Waals surface area (Å²) in [7, 11) is 5.13. The summed E-state index contributed by atoms with van der Waals surface area (Å²) < 4.78 is 10.7. The number of carbonyl (C=O) groups is 2. The average molecular weight is 760 g/mol. The standard InChI is InChI=1S/2C23H22ClNO2/c1-25(15-17-6-4-3-5-7-17)23(26)19-10-13-22(20(14-19)16-27-2)18-8-11-21(24)12-9-18;1-27-16-20-15-19(7-10-22(20)18-5-8-21(24)9-6-18)23(26)4-2-3-17-11-13-25-14-12-17/h3-14H,15-16H2,1-2H3;5-15H,2-4,16H2,1H3. The average Bonchev–Trinajstić information content (AvgIpc) is 3.19. The fourth-order valence-electron chi connectivity index (χ4n) is 6.16. The van der Waals surface area contributed by atoms with Crippen LogP contribution in [0, 0.1) is 0 Å². The number of aryl methyl sites for hydroxylation is 1. The number of carbonyl (C=O) groups excluding carboxylic acids is 2. The van der Waals surface area contributed by atoms with Crippen molar-refractivity contribution in [2.75, 3.05) is 21.3 Å². The van der Waals surface area contributed by atoms with Crippen LogP contribution in [0.25, 0.3) is 22.3 Å². The van der Waals surface area contributed by atoms with E-state index in [1.54, 1.807) is 31.5 Å². The molecule has 1 heterocycles. The third kappa shape index (κ3) is 11.4. The number of hydrogen-bond acceptors (Lipinski definition) is 5. The fraction of sp³-hybridized carbons (Fsp3) is 0.196. The van der Waals surface area contributed by atoms with E-state index in [0.717, 1.165) is 57.3 Å². The Hall–Kier alpha value is -5.11. The summed E-state index contributed by atoms with van der Waals surface area (Å²) in [5, 5.41) is 1.40. The van der Waals surface area contributed by atoms with Crippen molar-refractivity contribution in [3.63, 3.8) is 0 Å². The third-order valence-electron chi connectivity index (χ3n) is 8.92. The van der Waals surface area contributed by atoms with Crippen molar-refractivity contribution in [3.05, 3.63) is 183 Å². The van der Waals surface area contributed by atoms with Crippen molar-refractivity contribution < 1.29 is 19.1 Å². The Labute approximate surface area is 328 Å². The number of amides is 1. The van der Waals surface area contributed by atoms with E-state index in [4.69, 9.17) is 32.7 Å². The summed E-state index contributed by atoms with van der Waals surface area (Å²) in [6.07, 6.45) is 5.78. The minimum Gasteiger partial charge on any atom is -0.380 e. The molecular formula is C46H44Cl2N2O4. The molecule has 6 aromatic rings. The molecule has 5 aromatic carbocycles. The van der Waals surface area contributed by atoms with Crippen molar-refractivity contribution in [2.45, 2.75) is 39.0 Å². The van der Waals surface area contributed by atoms with E-state index in [1.807, 2.05) is 134 Å². The van der Waals surface area contributed by atoms with Gasteiger partial charge in [0.2, 0.25) is 0 Å². The van der Waals surface area contributed by atoms with Gasteiger partial charge in [-0.1, -0.05) is 96.0 Å². The maximum Gasteiger partial charge on any atom is 0.253 e. The molecule has 6 rings (SSSR count). The normalized spacial score (nSPS) is 10.7. The maximum absolute atomic E-state index is 12.9. The van der Waals surface area contributed by atoms with E-state index in [2.05, 4.69) is 4.98 Å². The molecule has 0 saturated carbocycles. The first-order valence-corrected chi connectivity index (χ1v) is 18.5. The van der Waals surface area contributed by atoms with Crippen LogP contribution in [0.4, 0.5) is 0 Å². The lowest BCUT2D eigenvalue weighted by atomic mass is 9.95. The monoisotopic (exact) mass is 758 g/mol. The third-order valence-corrected chi connectivity index (χ3v) is 9.42. The highest BCUT2D eigenvalue weighted by molar-refractivity contribution is 6.31. The molecule has 0 N–H and O–H groups in total. The molecule has 0 fully saturated rings. The first-order valence-electron chi connectivity index (χ1n) is 17.7. The molecule has 0 radical (unpaired) electrons. The molecule has 0 spiro atoms. The van der Waals surface area contributed by atoms with Crippen LogP contribution in [-0.4, -0.2) is 42.8 Å². The molecular weight excluding hydrogens is 715 g/mol. The number of rotatable bonds is 14. The van der Waals surface area contributed by atoms with E-state index in [1.165, 1.54) is 5.56 Å². The number of aromatic nitrogens is 1. The van der Waals surface area contributed by atoms with Crippen molar-refractivity contribution in [1.82, 2.24) is 9.88 Å². The number of ketones is 1. The lowest BCUT2D eigenvalue weighted by Crippen LogP contribution is -2.26. The summed E-state index contributed by atoms with van der Waals surface area (Å²) in [4.78, 5) is 31.2. The zero-order valence-electron chi connectivity index (χ0n) is 30.8. The molecule has 0 saturated heterocycles. The van der Waals surface area contributed by atoms with Crippen LogP contribution in [0.5, 0.6) is 0 Å². The van der Waals surface area contributed by atoms with Crippen LogP contribution >= 0.6 is 23.2 Å². The summed E-state index contributed by atoms with van der Waals surface area (Å²) in [6, 6.07) is 40.9. The SMILES string of the molecule is COCc1cc(C(=O)CCCc2ccncc2)ccc1-c1ccc(Cl)cc1.COCc1cc(C(=O)N(C)Cc2ccccc2)ccc1-c1ccc(Cl)cc1. The van der Waals surface area contributed by atoms with Gasteiger partial charge in [0, 0.05) is 67.8 Å². The largest absolute Gasteiger partial charge is 0.380 e. The minimum atomic E-state index is -0.0149. The van der Waals surface area contributed by atoms with E-state index < -0.39 is 0 Å². The van der Waals surface area contributed by atoms with Crippen LogP contribution in [0.3, 0.4) is 0 Å². The lowest BCUT2D eigenvalue weighted by molar-refractivity contribution is 0.0784. The van der Waals surface area contributed by atoms with Gasteiger partial charge in [0.1, 0.15) is 0 Å². The van der Waals surface area contributed by atoms with Crippen molar-refractivity contribution >= 4 is 34.9 Å². The number of hydrogen-bond donors (Lipinski definition) is 0. The highest BCUT2D eigenvalue weighted by atomic mass is 35.5. The Morgan fingerprint density at radius 3 is 1.69 bits per heavy atom. The molecule has 0 aliphatic rings. The molecule has 276 valence electrons. The van der Waals surface area contributed by atoms with Crippen LogP contribution < -0.4 is 0 Å². The van der Waals surface area contributed by atoms with E-state index >= 15 is 0 Å². The molecule has 0 aliphatic heterocycles. The topological polar surface area (TPSA) is 68.7 Å². The van der Waals surface area contributed by atoms with Crippen LogP contribution in [-0.2, 0) is 35.7 Å². The van der Waals surface area contributed by atoms with E-state index in [-0.39, 0.29) is 11.7 Å². The molecule has 0 aliphatic carbocycles. The second-order valence-corrected chi connectivity index (χ2v) is 13.8. The molecule has 1 aromatic heterocycles. The summed E-state index contributed by atoms with van der Waals surface area (Å²) in [6.45, 7) is 1.45. The van der Waals surface area contributed by atoms with E-state index in [0.29, 0.717) is 41.8 Å². The van der Waals surface area contributed by atoms with Gasteiger partial charge in [-0.15, -0.1) is 0 Å². The molecule has 0 bridgehead atoms. The Balaban J connectivity index is 0.000000208. The summed E-state index contributed by atoms with van der Waals surface area (Å²) >= 11 is 12.0. The zero-order chi connectivity index (χ0) is 38.3. The maximum atomic E-state index is 12.9. The lowest BCUT2D eigenvalue weighted by Gasteiger charge is -2.19. The van der Waals surface area contributed by atoms with Gasteiger partial charge in [-0.3, -0.25) is 14.6 Å². The molecule has 8 heteroatoms. The van der Waals surface area contributed by atoms with Gasteiger partial charge in [-0.05, 0) is 112 Å². The van der Waals surface area contributed by atoms with Crippen molar-refractivity contribution in [1.29, 1.82) is 0 Å². The van der Waals surface area contributed by atoms with Crippen molar-refractivity contribution in [2.24, 2.45) is 0 Å². The molecule has 54 heavy (non-hydrogen) atoms. The Morgan fingerprint density at radius 2 is 1.15 bits per heavy atom. The number of halogens is 2. The first kappa shape index (κ1) is 40.1. The minimum absolute atomic E-state index is 0.0149. The fourth-order valence-corrected chi connectivity index (χ4v) is 6.41. The molecule has 0 atom stereocenters. The zero-order valence-corrected chi connectivity index (χ0v) is 32.3. The predicted molar refractivity (Wildman–Crippen MR) is 219 cm³/mol. The van der Waals surface area contributed by atoms with Gasteiger partial charge in [-0.25, -0.2) is 0 Å². The Bertz CT molecular complexity index is 2110. The second-order valence-electron chi connectivity index (χ2n) is 12.9. The quantitative estimate of drug-likeness (QED) is 0.103. The van der Waals surface area contributed by atoms with Crippen molar-refractivity contribution in [3.8, 4) is 22.3 Å². The number of pyridine rings is 1. The van der Waals surface area contributed by atoms with Gasteiger partial charge in [-0.2, -0.15) is 0 Å².